The number of aromatic amines is 1. The molecule has 6 heteroatoms. The van der Waals surface area contributed by atoms with E-state index in [4.69, 9.17) is 0 Å². The molecule has 3 aromatic rings. The molecule has 0 saturated carbocycles. The van der Waals surface area contributed by atoms with Gasteiger partial charge in [-0.1, -0.05) is 24.3 Å². The molecule has 4 rings (SSSR count). The molecule has 6 nitrogen and oxygen atoms in total. The van der Waals surface area contributed by atoms with Crippen LogP contribution in [0.15, 0.2) is 48.5 Å². The molecule has 0 aliphatic carbocycles. The molecule has 0 spiro atoms. The van der Waals surface area contributed by atoms with Gasteiger partial charge in [-0.25, -0.2) is 4.98 Å². The number of carbonyl (C=O) groups excluding carboxylic acids is 2. The second kappa shape index (κ2) is 7.23. The van der Waals surface area contributed by atoms with Gasteiger partial charge in [-0.15, -0.1) is 0 Å². The van der Waals surface area contributed by atoms with E-state index in [0.29, 0.717) is 18.5 Å². The summed E-state index contributed by atoms with van der Waals surface area (Å²) in [5, 5.41) is 2.98. The first-order valence-corrected chi connectivity index (χ1v) is 9.22. The Morgan fingerprint density at radius 1 is 1.22 bits per heavy atom. The van der Waals surface area contributed by atoms with Crippen molar-refractivity contribution in [3.05, 3.63) is 65.5 Å². The van der Waals surface area contributed by atoms with Crippen LogP contribution >= 0.6 is 0 Å². The number of nitrogens with zero attached hydrogens (tertiary/aromatic N) is 2. The second-order valence-corrected chi connectivity index (χ2v) is 6.95. The van der Waals surface area contributed by atoms with Crippen LogP contribution in [0.2, 0.25) is 0 Å². The van der Waals surface area contributed by atoms with E-state index in [1.807, 2.05) is 48.2 Å². The van der Waals surface area contributed by atoms with Crippen LogP contribution in [0.4, 0.5) is 0 Å². The lowest BCUT2D eigenvalue weighted by molar-refractivity contribution is -0.128. The van der Waals surface area contributed by atoms with Crippen LogP contribution in [0.3, 0.4) is 0 Å². The third-order valence-electron chi connectivity index (χ3n) is 4.93. The van der Waals surface area contributed by atoms with Crippen molar-refractivity contribution in [1.82, 2.24) is 20.2 Å². The predicted molar refractivity (Wildman–Crippen MR) is 103 cm³/mol. The van der Waals surface area contributed by atoms with Crippen molar-refractivity contribution in [2.45, 2.75) is 32.4 Å². The van der Waals surface area contributed by atoms with Gasteiger partial charge in [0.2, 0.25) is 5.91 Å². The van der Waals surface area contributed by atoms with Crippen LogP contribution < -0.4 is 5.32 Å². The maximum atomic E-state index is 12.5. The highest BCUT2D eigenvalue weighted by Gasteiger charge is 2.20. The normalized spacial score (nSPS) is 15.3. The molecular weight excluding hydrogens is 340 g/mol. The molecule has 2 heterocycles. The first-order chi connectivity index (χ1) is 13.1. The maximum Gasteiger partial charge on any atom is 0.251 e. The molecule has 2 N–H and O–H groups in total. The third-order valence-corrected chi connectivity index (χ3v) is 4.93. The number of benzene rings is 2. The van der Waals surface area contributed by atoms with E-state index in [9.17, 15) is 9.59 Å². The SMILES string of the molecule is CC(NC(=O)c1ccc(CN2CCCC2=O)cc1)c1nc2ccccc2[nH]1. The van der Waals surface area contributed by atoms with E-state index < -0.39 is 0 Å². The van der Waals surface area contributed by atoms with Gasteiger partial charge >= 0.3 is 0 Å². The van der Waals surface area contributed by atoms with E-state index in [0.717, 1.165) is 35.4 Å². The number of amides is 2. The zero-order valence-electron chi connectivity index (χ0n) is 15.2. The van der Waals surface area contributed by atoms with Crippen LogP contribution in [0.1, 0.15) is 47.6 Å². The average molecular weight is 362 g/mol. The maximum absolute atomic E-state index is 12.5. The van der Waals surface area contributed by atoms with Crippen LogP contribution in [-0.2, 0) is 11.3 Å². The molecule has 2 amide bonds. The summed E-state index contributed by atoms with van der Waals surface area (Å²) >= 11 is 0. The van der Waals surface area contributed by atoms with Crippen molar-refractivity contribution in [3.8, 4) is 0 Å². The molecule has 1 saturated heterocycles. The zero-order valence-corrected chi connectivity index (χ0v) is 15.2. The molecule has 0 radical (unpaired) electrons. The van der Waals surface area contributed by atoms with Crippen LogP contribution in [0.5, 0.6) is 0 Å². The standard InChI is InChI=1S/C21H22N4O2/c1-14(20-23-17-5-2-3-6-18(17)24-20)22-21(27)16-10-8-15(9-11-16)13-25-12-4-7-19(25)26/h2-3,5-6,8-11,14H,4,7,12-13H2,1H3,(H,22,27)(H,23,24). The Hall–Kier alpha value is -3.15. The lowest BCUT2D eigenvalue weighted by atomic mass is 10.1. The number of hydrogen-bond donors (Lipinski definition) is 2. The van der Waals surface area contributed by atoms with Gasteiger partial charge in [0.25, 0.3) is 5.91 Å². The molecule has 0 bridgehead atoms. The van der Waals surface area contributed by atoms with Crippen molar-refractivity contribution in [2.75, 3.05) is 6.54 Å². The Morgan fingerprint density at radius 3 is 2.70 bits per heavy atom. The smallest absolute Gasteiger partial charge is 0.251 e. The van der Waals surface area contributed by atoms with Crippen molar-refractivity contribution < 1.29 is 9.59 Å². The number of rotatable bonds is 5. The van der Waals surface area contributed by atoms with E-state index >= 15 is 0 Å². The summed E-state index contributed by atoms with van der Waals surface area (Å²) in [5.41, 5.74) is 3.46. The summed E-state index contributed by atoms with van der Waals surface area (Å²) in [6, 6.07) is 15.0. The van der Waals surface area contributed by atoms with E-state index in [2.05, 4.69) is 15.3 Å². The Kier molecular flexibility index (Phi) is 4.62. The summed E-state index contributed by atoms with van der Waals surface area (Å²) in [6.45, 7) is 3.33. The summed E-state index contributed by atoms with van der Waals surface area (Å²) < 4.78 is 0. The average Bonchev–Trinajstić information content (AvgIpc) is 3.28. The lowest BCUT2D eigenvalue weighted by Crippen LogP contribution is -2.27. The first-order valence-electron chi connectivity index (χ1n) is 9.22. The number of imidazole rings is 1. The minimum atomic E-state index is -0.230. The minimum absolute atomic E-state index is 0.147. The van der Waals surface area contributed by atoms with Gasteiger partial charge in [0, 0.05) is 25.1 Å². The van der Waals surface area contributed by atoms with Crippen LogP contribution in [0.25, 0.3) is 11.0 Å². The molecule has 1 aliphatic heterocycles. The summed E-state index contributed by atoms with van der Waals surface area (Å²) in [5.74, 6) is 0.789. The number of likely N-dealkylation sites (tertiary alicyclic amines) is 1. The Bertz CT molecular complexity index is 944. The Morgan fingerprint density at radius 2 is 2.00 bits per heavy atom. The topological polar surface area (TPSA) is 78.1 Å². The van der Waals surface area contributed by atoms with Crippen molar-refractivity contribution >= 4 is 22.8 Å². The van der Waals surface area contributed by atoms with Crippen molar-refractivity contribution in [3.63, 3.8) is 0 Å². The monoisotopic (exact) mass is 362 g/mol. The summed E-state index contributed by atoms with van der Waals surface area (Å²) in [7, 11) is 0. The van der Waals surface area contributed by atoms with Gasteiger partial charge in [-0.05, 0) is 43.2 Å². The second-order valence-electron chi connectivity index (χ2n) is 6.95. The number of aromatic nitrogens is 2. The fraction of sp³-hybridized carbons (Fsp3) is 0.286. The van der Waals surface area contributed by atoms with Gasteiger partial charge in [0.1, 0.15) is 5.82 Å². The molecule has 1 aromatic heterocycles. The highest BCUT2D eigenvalue weighted by molar-refractivity contribution is 5.94. The van der Waals surface area contributed by atoms with Gasteiger partial charge in [0.05, 0.1) is 17.1 Å². The molecule has 2 aromatic carbocycles. The number of carbonyl (C=O) groups is 2. The van der Waals surface area contributed by atoms with Gasteiger partial charge < -0.3 is 15.2 Å². The molecule has 138 valence electrons. The third kappa shape index (κ3) is 3.69. The molecule has 1 unspecified atom stereocenters. The van der Waals surface area contributed by atoms with Gasteiger partial charge in [0.15, 0.2) is 0 Å². The summed E-state index contributed by atoms with van der Waals surface area (Å²) in [4.78, 5) is 33.9. The minimum Gasteiger partial charge on any atom is -0.342 e. The van der Waals surface area contributed by atoms with E-state index in [1.165, 1.54) is 0 Å². The van der Waals surface area contributed by atoms with E-state index in [1.54, 1.807) is 12.1 Å². The first kappa shape index (κ1) is 17.3. The number of nitrogens with one attached hydrogen (secondary N) is 2. The summed E-state index contributed by atoms with van der Waals surface area (Å²) in [6.07, 6.45) is 1.57. The number of fused-ring (bicyclic) bond motifs is 1. The Labute approximate surface area is 157 Å². The van der Waals surface area contributed by atoms with Crippen LogP contribution in [-0.4, -0.2) is 33.2 Å². The van der Waals surface area contributed by atoms with Crippen LogP contribution in [0, 0.1) is 0 Å². The quantitative estimate of drug-likeness (QED) is 0.732. The highest BCUT2D eigenvalue weighted by Crippen LogP contribution is 2.17. The van der Waals surface area contributed by atoms with Crippen molar-refractivity contribution in [1.29, 1.82) is 0 Å². The molecule has 1 fully saturated rings. The highest BCUT2D eigenvalue weighted by atomic mass is 16.2. The number of H-pyrrole nitrogens is 1. The largest absolute Gasteiger partial charge is 0.342 e. The predicted octanol–water partition coefficient (Wildman–Crippen LogP) is 3.18. The van der Waals surface area contributed by atoms with Gasteiger partial charge in [-0.3, -0.25) is 9.59 Å². The van der Waals surface area contributed by atoms with Gasteiger partial charge in [-0.2, -0.15) is 0 Å². The molecule has 27 heavy (non-hydrogen) atoms. The Balaban J connectivity index is 1.40. The fourth-order valence-electron chi connectivity index (χ4n) is 3.38. The van der Waals surface area contributed by atoms with E-state index in [-0.39, 0.29) is 17.9 Å². The number of para-hydroxylation sites is 2. The fourth-order valence-corrected chi connectivity index (χ4v) is 3.38. The zero-order chi connectivity index (χ0) is 18.8. The molecular formula is C21H22N4O2. The molecule has 1 atom stereocenters. The lowest BCUT2D eigenvalue weighted by Gasteiger charge is -2.16. The number of hydrogen-bond acceptors (Lipinski definition) is 3. The van der Waals surface area contributed by atoms with Crippen molar-refractivity contribution in [2.24, 2.45) is 0 Å². The molecule has 1 aliphatic rings.